The second-order valence-corrected chi connectivity index (χ2v) is 8.73. The fourth-order valence-electron chi connectivity index (χ4n) is 3.27. The molecule has 1 amide bonds. The summed E-state index contributed by atoms with van der Waals surface area (Å²) in [5.41, 5.74) is 0.504. The van der Waals surface area contributed by atoms with Gasteiger partial charge in [0.15, 0.2) is 0 Å². The number of nitrogens with one attached hydrogen (secondary N) is 1. The van der Waals surface area contributed by atoms with Crippen molar-refractivity contribution in [3.8, 4) is 0 Å². The predicted octanol–water partition coefficient (Wildman–Crippen LogP) is 2.40. The minimum Gasteiger partial charge on any atom is -0.480 e. The third-order valence-corrected chi connectivity index (χ3v) is 5.73. The topological polar surface area (TPSA) is 82.5 Å². The molecule has 2 aliphatic rings. The lowest BCUT2D eigenvalue weighted by atomic mass is 9.85. The van der Waals surface area contributed by atoms with Gasteiger partial charge in [-0.3, -0.25) is 14.5 Å². The minimum absolute atomic E-state index is 0.104. The Morgan fingerprint density at radius 3 is 2.72 bits per heavy atom. The number of carbonyl (C=O) groups excluding carboxylic acids is 1. The summed E-state index contributed by atoms with van der Waals surface area (Å²) in [4.78, 5) is 29.9. The molecule has 0 atom stereocenters. The van der Waals surface area contributed by atoms with Crippen molar-refractivity contribution in [1.82, 2.24) is 15.2 Å². The molecule has 2 fully saturated rings. The third-order valence-electron chi connectivity index (χ3n) is 4.86. The van der Waals surface area contributed by atoms with E-state index in [0.717, 1.165) is 30.8 Å². The van der Waals surface area contributed by atoms with E-state index in [1.807, 2.05) is 5.38 Å². The molecule has 25 heavy (non-hydrogen) atoms. The molecule has 1 heterocycles. The van der Waals surface area contributed by atoms with Crippen LogP contribution in [0.2, 0.25) is 0 Å². The van der Waals surface area contributed by atoms with E-state index in [1.54, 1.807) is 0 Å². The Kier molecular flexibility index (Phi) is 5.74. The van der Waals surface area contributed by atoms with E-state index in [9.17, 15) is 9.59 Å². The van der Waals surface area contributed by atoms with Gasteiger partial charge >= 0.3 is 5.97 Å². The zero-order chi connectivity index (χ0) is 18.0. The number of aromatic nitrogens is 1. The van der Waals surface area contributed by atoms with Crippen molar-refractivity contribution in [2.75, 3.05) is 13.1 Å². The molecule has 0 spiro atoms. The molecule has 6 nitrogen and oxygen atoms in total. The molecule has 0 aromatic carbocycles. The first-order valence-corrected chi connectivity index (χ1v) is 9.99. The molecule has 0 saturated heterocycles. The minimum atomic E-state index is -0.770. The van der Waals surface area contributed by atoms with Crippen molar-refractivity contribution in [1.29, 1.82) is 0 Å². The number of hydrogen-bond donors (Lipinski definition) is 2. The first kappa shape index (κ1) is 18.3. The van der Waals surface area contributed by atoms with Gasteiger partial charge in [-0.05, 0) is 37.5 Å². The molecule has 138 valence electrons. The van der Waals surface area contributed by atoms with E-state index in [-0.39, 0.29) is 24.5 Å². The van der Waals surface area contributed by atoms with Crippen LogP contribution in [0.25, 0.3) is 0 Å². The molecule has 7 heteroatoms. The van der Waals surface area contributed by atoms with Gasteiger partial charge in [0.05, 0.1) is 11.6 Å². The summed E-state index contributed by atoms with van der Waals surface area (Å²) in [6.45, 7) is 5.26. The van der Waals surface area contributed by atoms with Gasteiger partial charge in [-0.2, -0.15) is 0 Å². The number of carboxylic acid groups (broad SMARTS) is 1. The molecule has 0 aliphatic heterocycles. The summed E-state index contributed by atoms with van der Waals surface area (Å²) in [6.07, 6.45) is 4.98. The van der Waals surface area contributed by atoms with Crippen LogP contribution in [0.15, 0.2) is 5.38 Å². The fraction of sp³-hybridized carbons (Fsp3) is 0.722. The lowest BCUT2D eigenvalue weighted by Crippen LogP contribution is -2.55. The molecule has 0 bridgehead atoms. The zero-order valence-electron chi connectivity index (χ0n) is 14.9. The van der Waals surface area contributed by atoms with Gasteiger partial charge in [-0.25, -0.2) is 4.98 Å². The van der Waals surface area contributed by atoms with Crippen LogP contribution in [0.4, 0.5) is 0 Å². The number of aliphatic carboxylic acids is 1. The van der Waals surface area contributed by atoms with Crippen LogP contribution in [0.1, 0.15) is 55.0 Å². The lowest BCUT2D eigenvalue weighted by Gasteiger charge is -2.42. The number of rotatable bonds is 9. The quantitative estimate of drug-likeness (QED) is 0.702. The second kappa shape index (κ2) is 7.83. The van der Waals surface area contributed by atoms with Crippen LogP contribution in [0.3, 0.4) is 0 Å². The Labute approximate surface area is 152 Å². The Morgan fingerprint density at radius 1 is 1.40 bits per heavy atom. The summed E-state index contributed by atoms with van der Waals surface area (Å²) in [7, 11) is 0. The van der Waals surface area contributed by atoms with E-state index < -0.39 is 5.97 Å². The van der Waals surface area contributed by atoms with Gasteiger partial charge in [0.1, 0.15) is 5.69 Å². The molecule has 2 saturated carbocycles. The molecule has 2 N–H and O–H groups in total. The molecular weight excluding hydrogens is 338 g/mol. The highest BCUT2D eigenvalue weighted by atomic mass is 32.1. The van der Waals surface area contributed by atoms with Crippen LogP contribution in [0.5, 0.6) is 0 Å². The highest BCUT2D eigenvalue weighted by molar-refractivity contribution is 7.09. The monoisotopic (exact) mass is 365 g/mol. The van der Waals surface area contributed by atoms with Gasteiger partial charge in [-0.1, -0.05) is 13.8 Å². The first-order chi connectivity index (χ1) is 11.9. The molecule has 1 aromatic rings. The third kappa shape index (κ3) is 5.25. The van der Waals surface area contributed by atoms with Crippen LogP contribution < -0.4 is 5.32 Å². The van der Waals surface area contributed by atoms with Gasteiger partial charge in [-0.15, -0.1) is 11.3 Å². The number of carbonyl (C=O) groups is 2. The summed E-state index contributed by atoms with van der Waals surface area (Å²) in [5, 5.41) is 15.0. The number of thiazole rings is 1. The van der Waals surface area contributed by atoms with E-state index in [2.05, 4.69) is 29.0 Å². The largest absolute Gasteiger partial charge is 0.480 e. The van der Waals surface area contributed by atoms with Gasteiger partial charge < -0.3 is 10.4 Å². The molecular formula is C18H27N3O3S. The van der Waals surface area contributed by atoms with E-state index in [0.29, 0.717) is 17.5 Å². The highest BCUT2D eigenvalue weighted by Crippen LogP contribution is 2.33. The smallest absolute Gasteiger partial charge is 0.317 e. The second-order valence-electron chi connectivity index (χ2n) is 7.79. The zero-order valence-corrected chi connectivity index (χ0v) is 15.7. The molecule has 2 aliphatic carbocycles. The standard InChI is InChI=1S/C18H27N3O3S/c1-11(2)5-16-20-15(10-25-16)18(24)19-13-6-14(7-13)21(9-17(22)23)8-12-3-4-12/h10-14H,3-9H2,1-2H3,(H,19,24)(H,22,23). The number of carboxylic acids is 1. The van der Waals surface area contributed by atoms with Crippen LogP contribution in [0, 0.1) is 11.8 Å². The maximum atomic E-state index is 12.3. The van der Waals surface area contributed by atoms with Crippen LogP contribution in [-0.2, 0) is 11.2 Å². The van der Waals surface area contributed by atoms with E-state index >= 15 is 0 Å². The summed E-state index contributed by atoms with van der Waals surface area (Å²) < 4.78 is 0. The van der Waals surface area contributed by atoms with Crippen molar-refractivity contribution in [3.63, 3.8) is 0 Å². The lowest BCUT2D eigenvalue weighted by molar-refractivity contribution is -0.139. The van der Waals surface area contributed by atoms with Crippen molar-refractivity contribution < 1.29 is 14.7 Å². The molecule has 3 rings (SSSR count). The molecule has 1 aromatic heterocycles. The van der Waals surface area contributed by atoms with Crippen molar-refractivity contribution >= 4 is 23.2 Å². The van der Waals surface area contributed by atoms with E-state index in [1.165, 1.54) is 24.2 Å². The average Bonchev–Trinajstić information content (AvgIpc) is 3.17. The number of nitrogens with zero attached hydrogens (tertiary/aromatic N) is 2. The highest BCUT2D eigenvalue weighted by Gasteiger charge is 2.37. The Morgan fingerprint density at radius 2 is 2.12 bits per heavy atom. The molecule has 0 unspecified atom stereocenters. The summed E-state index contributed by atoms with van der Waals surface area (Å²) in [6, 6.07) is 0.400. The average molecular weight is 365 g/mol. The maximum absolute atomic E-state index is 12.3. The normalized spacial score (nSPS) is 22.9. The fourth-order valence-corrected chi connectivity index (χ4v) is 4.26. The SMILES string of the molecule is CC(C)Cc1nc(C(=O)NC2CC(N(CC(=O)O)CC3CC3)C2)cs1. The number of hydrogen-bond acceptors (Lipinski definition) is 5. The van der Waals surface area contributed by atoms with Crippen molar-refractivity contribution in [2.45, 2.75) is 58.0 Å². The summed E-state index contributed by atoms with van der Waals surface area (Å²) in [5.74, 6) is 0.318. The van der Waals surface area contributed by atoms with Gasteiger partial charge in [0.2, 0.25) is 0 Å². The van der Waals surface area contributed by atoms with Crippen molar-refractivity contribution in [2.24, 2.45) is 11.8 Å². The van der Waals surface area contributed by atoms with E-state index in [4.69, 9.17) is 5.11 Å². The Bertz CT molecular complexity index is 621. The number of amides is 1. The van der Waals surface area contributed by atoms with Gasteiger partial charge in [0.25, 0.3) is 5.91 Å². The van der Waals surface area contributed by atoms with Gasteiger partial charge in [0, 0.05) is 30.4 Å². The molecule has 0 radical (unpaired) electrons. The maximum Gasteiger partial charge on any atom is 0.317 e. The Hall–Kier alpha value is -1.47. The predicted molar refractivity (Wildman–Crippen MR) is 96.9 cm³/mol. The van der Waals surface area contributed by atoms with Crippen molar-refractivity contribution in [3.05, 3.63) is 16.1 Å². The van der Waals surface area contributed by atoms with Crippen LogP contribution >= 0.6 is 11.3 Å². The Balaban J connectivity index is 1.46. The summed E-state index contributed by atoms with van der Waals surface area (Å²) >= 11 is 1.54. The first-order valence-electron chi connectivity index (χ1n) is 9.11. The van der Waals surface area contributed by atoms with Crippen LogP contribution in [-0.4, -0.2) is 52.0 Å².